The summed E-state index contributed by atoms with van der Waals surface area (Å²) in [4.78, 5) is 0. The maximum atomic E-state index is 8.97. The highest BCUT2D eigenvalue weighted by Gasteiger charge is 2.05. The van der Waals surface area contributed by atoms with Gasteiger partial charge in [0, 0.05) is 6.07 Å². The molecule has 90 valence electrons. The monoisotopic (exact) mass is 238 g/mol. The number of nitrogen functional groups attached to an aromatic ring is 1. The normalized spacial score (nSPS) is 9.78. The molecule has 3 heteroatoms. The van der Waals surface area contributed by atoms with Gasteiger partial charge in [-0.2, -0.15) is 5.26 Å². The minimum atomic E-state index is 0.457. The molecule has 18 heavy (non-hydrogen) atoms. The van der Waals surface area contributed by atoms with Gasteiger partial charge >= 0.3 is 0 Å². The minimum Gasteiger partial charge on any atom is -0.489 e. The molecule has 0 radical (unpaired) electrons. The van der Waals surface area contributed by atoms with Gasteiger partial charge in [0.1, 0.15) is 18.4 Å². The summed E-state index contributed by atoms with van der Waals surface area (Å²) in [7, 11) is 0. The van der Waals surface area contributed by atoms with E-state index in [0.717, 1.165) is 11.1 Å². The van der Waals surface area contributed by atoms with Crippen LogP contribution in [-0.4, -0.2) is 0 Å². The van der Waals surface area contributed by atoms with Crippen LogP contribution in [-0.2, 0) is 6.61 Å². The van der Waals surface area contributed by atoms with Crippen molar-refractivity contribution in [1.29, 1.82) is 5.26 Å². The summed E-state index contributed by atoms with van der Waals surface area (Å²) in [6.07, 6.45) is 0. The number of nitrogens with zero attached hydrogens (tertiary/aromatic N) is 1. The van der Waals surface area contributed by atoms with E-state index >= 15 is 0 Å². The van der Waals surface area contributed by atoms with Gasteiger partial charge in [0.25, 0.3) is 0 Å². The van der Waals surface area contributed by atoms with Gasteiger partial charge < -0.3 is 10.5 Å². The number of hydrogen-bond donors (Lipinski definition) is 1. The zero-order chi connectivity index (χ0) is 13.0. The van der Waals surface area contributed by atoms with Gasteiger partial charge in [-0.3, -0.25) is 0 Å². The second-order valence-electron chi connectivity index (χ2n) is 4.09. The highest BCUT2D eigenvalue weighted by Crippen LogP contribution is 2.24. The number of nitrogens with two attached hydrogens (primary N) is 1. The number of benzene rings is 2. The standard InChI is InChI=1S/C15H14N2O/c1-11-7-14(8-13(9-16)15(11)17)18-10-12-5-3-2-4-6-12/h2-8H,10,17H2,1H3. The number of nitriles is 1. The van der Waals surface area contributed by atoms with Crippen molar-refractivity contribution >= 4 is 5.69 Å². The molecule has 0 fully saturated rings. The molecule has 0 spiro atoms. The molecule has 0 bridgehead atoms. The quantitative estimate of drug-likeness (QED) is 0.836. The Bertz CT molecular complexity index is 585. The first-order chi connectivity index (χ1) is 8.70. The molecule has 0 aromatic heterocycles. The zero-order valence-corrected chi connectivity index (χ0v) is 10.2. The molecule has 2 aromatic rings. The molecule has 0 amide bonds. The minimum absolute atomic E-state index is 0.457. The zero-order valence-electron chi connectivity index (χ0n) is 10.2. The third-order valence-corrected chi connectivity index (χ3v) is 2.73. The summed E-state index contributed by atoms with van der Waals surface area (Å²) in [5, 5.41) is 8.97. The second-order valence-corrected chi connectivity index (χ2v) is 4.09. The lowest BCUT2D eigenvalue weighted by Gasteiger charge is -2.09. The van der Waals surface area contributed by atoms with Crippen LogP contribution in [0.1, 0.15) is 16.7 Å². The van der Waals surface area contributed by atoms with Crippen LogP contribution in [0.25, 0.3) is 0 Å². The Morgan fingerprint density at radius 2 is 1.94 bits per heavy atom. The van der Waals surface area contributed by atoms with E-state index in [1.54, 1.807) is 6.07 Å². The van der Waals surface area contributed by atoms with E-state index in [0.29, 0.717) is 23.6 Å². The lowest BCUT2D eigenvalue weighted by molar-refractivity contribution is 0.306. The van der Waals surface area contributed by atoms with Gasteiger partial charge in [-0.1, -0.05) is 30.3 Å². The van der Waals surface area contributed by atoms with Crippen LogP contribution >= 0.6 is 0 Å². The largest absolute Gasteiger partial charge is 0.489 e. The van der Waals surface area contributed by atoms with Crippen LogP contribution in [0.4, 0.5) is 5.69 Å². The molecule has 0 aliphatic carbocycles. The molecule has 0 saturated heterocycles. The molecule has 0 heterocycles. The van der Waals surface area contributed by atoms with Crippen LogP contribution in [0, 0.1) is 18.3 Å². The van der Waals surface area contributed by atoms with Gasteiger partial charge in [0.2, 0.25) is 0 Å². The molecular weight excluding hydrogens is 224 g/mol. The fourth-order valence-electron chi connectivity index (χ4n) is 1.68. The van der Waals surface area contributed by atoms with Gasteiger partial charge in [-0.05, 0) is 24.1 Å². The number of hydrogen-bond acceptors (Lipinski definition) is 3. The third-order valence-electron chi connectivity index (χ3n) is 2.73. The van der Waals surface area contributed by atoms with Gasteiger partial charge in [-0.25, -0.2) is 0 Å². The SMILES string of the molecule is Cc1cc(OCc2ccccc2)cc(C#N)c1N. The topological polar surface area (TPSA) is 59.0 Å². The number of ether oxygens (including phenoxy) is 1. The van der Waals surface area contributed by atoms with Gasteiger partial charge in [-0.15, -0.1) is 0 Å². The van der Waals surface area contributed by atoms with Crippen molar-refractivity contribution in [2.45, 2.75) is 13.5 Å². The highest BCUT2D eigenvalue weighted by molar-refractivity contribution is 5.61. The first-order valence-electron chi connectivity index (χ1n) is 5.67. The average molecular weight is 238 g/mol. The van der Waals surface area contributed by atoms with Gasteiger partial charge in [0.05, 0.1) is 11.3 Å². The van der Waals surface area contributed by atoms with Crippen molar-refractivity contribution in [1.82, 2.24) is 0 Å². The van der Waals surface area contributed by atoms with Crippen LogP contribution in [0.5, 0.6) is 5.75 Å². The van der Waals surface area contributed by atoms with E-state index in [1.807, 2.05) is 43.3 Å². The lowest BCUT2D eigenvalue weighted by Crippen LogP contribution is -1.99. The highest BCUT2D eigenvalue weighted by atomic mass is 16.5. The molecule has 0 aliphatic heterocycles. The molecular formula is C15H14N2O. The Morgan fingerprint density at radius 3 is 2.61 bits per heavy atom. The van der Waals surface area contributed by atoms with Crippen LogP contribution in [0.3, 0.4) is 0 Å². The van der Waals surface area contributed by atoms with Crippen molar-refractivity contribution in [3.63, 3.8) is 0 Å². The third kappa shape index (κ3) is 2.61. The molecule has 0 unspecified atom stereocenters. The van der Waals surface area contributed by atoms with Crippen LogP contribution in [0.15, 0.2) is 42.5 Å². The van der Waals surface area contributed by atoms with E-state index in [2.05, 4.69) is 6.07 Å². The Hall–Kier alpha value is -2.47. The van der Waals surface area contributed by atoms with E-state index in [4.69, 9.17) is 15.7 Å². The number of aryl methyl sites for hydroxylation is 1. The molecule has 2 aromatic carbocycles. The fourth-order valence-corrected chi connectivity index (χ4v) is 1.68. The van der Waals surface area contributed by atoms with Crippen LogP contribution < -0.4 is 10.5 Å². The molecule has 3 nitrogen and oxygen atoms in total. The first kappa shape index (κ1) is 12.0. The Morgan fingerprint density at radius 1 is 1.22 bits per heavy atom. The Labute approximate surface area is 106 Å². The van der Waals surface area contributed by atoms with Crippen LogP contribution in [0.2, 0.25) is 0 Å². The number of anilines is 1. The van der Waals surface area contributed by atoms with E-state index in [-0.39, 0.29) is 0 Å². The van der Waals surface area contributed by atoms with E-state index in [9.17, 15) is 0 Å². The maximum absolute atomic E-state index is 8.97. The summed E-state index contributed by atoms with van der Waals surface area (Å²) in [6, 6.07) is 15.5. The maximum Gasteiger partial charge on any atom is 0.121 e. The Balaban J connectivity index is 2.16. The van der Waals surface area contributed by atoms with Gasteiger partial charge in [0.15, 0.2) is 0 Å². The predicted octanol–water partition coefficient (Wildman–Crippen LogP) is 3.03. The molecule has 2 N–H and O–H groups in total. The van der Waals surface area contributed by atoms with Crippen molar-refractivity contribution in [2.75, 3.05) is 5.73 Å². The first-order valence-corrected chi connectivity index (χ1v) is 5.67. The smallest absolute Gasteiger partial charge is 0.121 e. The van der Waals surface area contributed by atoms with Crippen molar-refractivity contribution in [3.8, 4) is 11.8 Å². The molecule has 0 atom stereocenters. The summed E-state index contributed by atoms with van der Waals surface area (Å²) < 4.78 is 5.66. The van der Waals surface area contributed by atoms with E-state index < -0.39 is 0 Å². The predicted molar refractivity (Wildman–Crippen MR) is 71.1 cm³/mol. The van der Waals surface area contributed by atoms with E-state index in [1.165, 1.54) is 0 Å². The summed E-state index contributed by atoms with van der Waals surface area (Å²) in [5.41, 5.74) is 8.71. The Kier molecular flexibility index (Phi) is 3.49. The molecule has 0 saturated carbocycles. The fraction of sp³-hybridized carbons (Fsp3) is 0.133. The molecule has 0 aliphatic rings. The summed E-state index contributed by atoms with van der Waals surface area (Å²) in [6.45, 7) is 2.35. The van der Waals surface area contributed by atoms with Crippen molar-refractivity contribution < 1.29 is 4.74 Å². The molecule has 2 rings (SSSR count). The average Bonchev–Trinajstić information content (AvgIpc) is 2.41. The second kappa shape index (κ2) is 5.24. The number of rotatable bonds is 3. The van der Waals surface area contributed by atoms with Crippen molar-refractivity contribution in [2.24, 2.45) is 0 Å². The summed E-state index contributed by atoms with van der Waals surface area (Å²) in [5.74, 6) is 0.669. The van der Waals surface area contributed by atoms with Crippen molar-refractivity contribution in [3.05, 3.63) is 59.2 Å². The summed E-state index contributed by atoms with van der Waals surface area (Å²) >= 11 is 0. The lowest BCUT2D eigenvalue weighted by atomic mass is 10.1.